The third kappa shape index (κ3) is 5.39. The summed E-state index contributed by atoms with van der Waals surface area (Å²) < 4.78 is 4.91. The van der Waals surface area contributed by atoms with Crippen molar-refractivity contribution in [2.75, 3.05) is 13.2 Å². The minimum absolute atomic E-state index is 0.0896. The molecule has 1 aromatic carbocycles. The summed E-state index contributed by atoms with van der Waals surface area (Å²) in [5.41, 5.74) is 2.36. The van der Waals surface area contributed by atoms with Crippen LogP contribution in [0.15, 0.2) is 36.5 Å². The lowest BCUT2D eigenvalue weighted by atomic mass is 10.0. The van der Waals surface area contributed by atoms with Crippen LogP contribution in [0.5, 0.6) is 0 Å². The van der Waals surface area contributed by atoms with Crippen LogP contribution in [-0.2, 0) is 9.53 Å². The van der Waals surface area contributed by atoms with E-state index < -0.39 is 11.9 Å². The molecule has 0 bridgehead atoms. The van der Waals surface area contributed by atoms with Crippen molar-refractivity contribution < 1.29 is 19.1 Å². The number of nitrogens with zero attached hydrogens (tertiary/aromatic N) is 1. The van der Waals surface area contributed by atoms with Crippen LogP contribution in [0.25, 0.3) is 0 Å². The van der Waals surface area contributed by atoms with Gasteiger partial charge in [-0.25, -0.2) is 0 Å². The minimum atomic E-state index is -0.714. The van der Waals surface area contributed by atoms with Crippen LogP contribution in [0.3, 0.4) is 0 Å². The molecule has 25 heavy (non-hydrogen) atoms. The lowest BCUT2D eigenvalue weighted by molar-refractivity contribution is -0.141. The highest BCUT2D eigenvalue weighted by atomic mass is 35.5. The van der Waals surface area contributed by atoms with Gasteiger partial charge in [0.1, 0.15) is 12.2 Å². The number of ether oxygens (including phenoxy) is 1. The molecule has 1 heterocycles. The summed E-state index contributed by atoms with van der Waals surface area (Å²) in [6.45, 7) is 2.94. The van der Waals surface area contributed by atoms with Gasteiger partial charge in [-0.1, -0.05) is 29.3 Å². The van der Waals surface area contributed by atoms with Crippen LogP contribution in [0, 0.1) is 13.8 Å². The second kappa shape index (κ2) is 8.39. The number of carbonyl (C=O) groups is 3. The number of nitrogens with one attached hydrogen (secondary N) is 1. The van der Waals surface area contributed by atoms with Crippen molar-refractivity contribution in [2.24, 2.45) is 0 Å². The van der Waals surface area contributed by atoms with E-state index >= 15 is 0 Å². The Morgan fingerprint density at radius 3 is 2.64 bits per heavy atom. The Balaban J connectivity index is 1.83. The number of benzene rings is 1. The molecule has 0 aliphatic rings. The molecule has 2 aromatic rings. The Labute approximate surface area is 150 Å². The van der Waals surface area contributed by atoms with Gasteiger partial charge in [0, 0.05) is 16.8 Å². The van der Waals surface area contributed by atoms with E-state index in [9.17, 15) is 14.4 Å². The van der Waals surface area contributed by atoms with Gasteiger partial charge in [0.15, 0.2) is 6.61 Å². The van der Waals surface area contributed by atoms with Gasteiger partial charge >= 0.3 is 5.97 Å². The van der Waals surface area contributed by atoms with Crippen molar-refractivity contribution in [3.05, 3.63) is 63.9 Å². The normalized spacial score (nSPS) is 10.2. The van der Waals surface area contributed by atoms with E-state index in [2.05, 4.69) is 10.3 Å². The number of hydrogen-bond acceptors (Lipinski definition) is 5. The fraction of sp³-hybridized carbons (Fsp3) is 0.222. The van der Waals surface area contributed by atoms with Gasteiger partial charge in [-0.3, -0.25) is 19.4 Å². The number of rotatable bonds is 6. The van der Waals surface area contributed by atoms with Crippen molar-refractivity contribution in [3.8, 4) is 0 Å². The van der Waals surface area contributed by atoms with Crippen molar-refractivity contribution in [1.82, 2.24) is 10.3 Å². The second-order valence-corrected chi connectivity index (χ2v) is 5.88. The fourth-order valence-electron chi connectivity index (χ4n) is 2.08. The van der Waals surface area contributed by atoms with Crippen LogP contribution >= 0.6 is 11.6 Å². The Morgan fingerprint density at radius 2 is 1.92 bits per heavy atom. The lowest BCUT2D eigenvalue weighted by Gasteiger charge is -2.08. The molecule has 7 heteroatoms. The Kier molecular flexibility index (Phi) is 6.25. The average Bonchev–Trinajstić information content (AvgIpc) is 2.59. The zero-order valence-corrected chi connectivity index (χ0v) is 14.6. The third-order valence-corrected chi connectivity index (χ3v) is 3.64. The topological polar surface area (TPSA) is 85.4 Å². The summed E-state index contributed by atoms with van der Waals surface area (Å²) in [5, 5.41) is 2.73. The van der Waals surface area contributed by atoms with E-state index in [0.717, 1.165) is 11.1 Å². The highest BCUT2D eigenvalue weighted by Crippen LogP contribution is 2.11. The molecule has 0 aliphatic heterocycles. The first kappa shape index (κ1) is 18.6. The van der Waals surface area contributed by atoms with Crippen LogP contribution in [0.2, 0.25) is 5.02 Å². The highest BCUT2D eigenvalue weighted by molar-refractivity contribution is 6.30. The number of esters is 1. The van der Waals surface area contributed by atoms with Crippen molar-refractivity contribution in [3.63, 3.8) is 0 Å². The molecule has 130 valence electrons. The first-order chi connectivity index (χ1) is 11.9. The molecule has 0 saturated carbocycles. The Bertz CT molecular complexity index is 820. The summed E-state index contributed by atoms with van der Waals surface area (Å²) in [7, 11) is 0. The average molecular weight is 361 g/mol. The molecule has 2 rings (SSSR count). The molecule has 0 fully saturated rings. The number of Topliss-reactive ketones (excluding diaryl/α,β-unsaturated/α-hetero) is 1. The minimum Gasteiger partial charge on any atom is -0.456 e. The summed E-state index contributed by atoms with van der Waals surface area (Å²) in [6.07, 6.45) is 1.39. The van der Waals surface area contributed by atoms with E-state index in [1.54, 1.807) is 6.07 Å². The van der Waals surface area contributed by atoms with E-state index in [-0.39, 0.29) is 24.6 Å². The highest BCUT2D eigenvalue weighted by Gasteiger charge is 2.14. The van der Waals surface area contributed by atoms with E-state index in [0.29, 0.717) is 10.6 Å². The smallest absolute Gasteiger partial charge is 0.325 e. The lowest BCUT2D eigenvalue weighted by Crippen LogP contribution is -2.32. The zero-order valence-electron chi connectivity index (χ0n) is 13.8. The van der Waals surface area contributed by atoms with Crippen LogP contribution in [-0.4, -0.2) is 35.8 Å². The molecule has 0 unspecified atom stereocenters. The van der Waals surface area contributed by atoms with Gasteiger partial charge in [-0.05, 0) is 37.6 Å². The molecular formula is C18H17ClN2O4. The molecule has 0 atom stereocenters. The third-order valence-electron chi connectivity index (χ3n) is 3.41. The number of halogens is 1. The maximum Gasteiger partial charge on any atom is 0.325 e. The second-order valence-electron chi connectivity index (χ2n) is 5.44. The van der Waals surface area contributed by atoms with E-state index in [4.69, 9.17) is 16.3 Å². The first-order valence-corrected chi connectivity index (χ1v) is 7.90. The quantitative estimate of drug-likeness (QED) is 0.632. The summed E-state index contributed by atoms with van der Waals surface area (Å²) >= 11 is 5.77. The molecule has 6 nitrogen and oxygen atoms in total. The van der Waals surface area contributed by atoms with Crippen molar-refractivity contribution >= 4 is 29.3 Å². The van der Waals surface area contributed by atoms with E-state index in [1.807, 2.05) is 26.0 Å². The van der Waals surface area contributed by atoms with Gasteiger partial charge in [0.25, 0.3) is 5.91 Å². The monoisotopic (exact) mass is 360 g/mol. The molecule has 1 amide bonds. The van der Waals surface area contributed by atoms with Gasteiger partial charge in [0.2, 0.25) is 5.78 Å². The number of amides is 1. The number of hydrogen-bond donors (Lipinski definition) is 1. The molecule has 0 radical (unpaired) electrons. The number of pyridine rings is 1. The summed E-state index contributed by atoms with van der Waals surface area (Å²) in [5.74, 6) is -1.56. The molecule has 0 spiro atoms. The van der Waals surface area contributed by atoms with Gasteiger partial charge < -0.3 is 10.1 Å². The van der Waals surface area contributed by atoms with Crippen LogP contribution in [0.4, 0.5) is 0 Å². The van der Waals surface area contributed by atoms with Gasteiger partial charge in [0.05, 0.1) is 0 Å². The molecule has 1 N–H and O–H groups in total. The standard InChI is InChI=1S/C18H17ClN2O4/c1-11-3-4-12(2)14(7-11)16(22)10-25-17(23)9-21-18(24)15-8-13(19)5-6-20-15/h3-8H,9-10H2,1-2H3,(H,21,24). The SMILES string of the molecule is Cc1ccc(C)c(C(=O)COC(=O)CNC(=O)c2cc(Cl)ccn2)c1. The number of aryl methyl sites for hydroxylation is 2. The van der Waals surface area contributed by atoms with Crippen LogP contribution in [0.1, 0.15) is 32.0 Å². The Morgan fingerprint density at radius 1 is 1.16 bits per heavy atom. The largest absolute Gasteiger partial charge is 0.456 e. The maximum absolute atomic E-state index is 12.1. The predicted octanol–water partition coefficient (Wildman–Crippen LogP) is 2.51. The zero-order chi connectivity index (χ0) is 18.4. The first-order valence-electron chi connectivity index (χ1n) is 7.52. The van der Waals surface area contributed by atoms with Crippen LogP contribution < -0.4 is 5.32 Å². The van der Waals surface area contributed by atoms with Crippen molar-refractivity contribution in [2.45, 2.75) is 13.8 Å². The van der Waals surface area contributed by atoms with Gasteiger partial charge in [-0.15, -0.1) is 0 Å². The number of ketones is 1. The predicted molar refractivity (Wildman–Crippen MR) is 92.8 cm³/mol. The fourth-order valence-corrected chi connectivity index (χ4v) is 2.24. The number of aromatic nitrogens is 1. The number of carbonyl (C=O) groups excluding carboxylic acids is 3. The molecule has 0 aliphatic carbocycles. The molecule has 1 aromatic heterocycles. The molecular weight excluding hydrogens is 344 g/mol. The summed E-state index contributed by atoms with van der Waals surface area (Å²) in [4.78, 5) is 39.5. The molecule has 0 saturated heterocycles. The van der Waals surface area contributed by atoms with Gasteiger partial charge in [-0.2, -0.15) is 0 Å². The van der Waals surface area contributed by atoms with E-state index in [1.165, 1.54) is 18.3 Å². The summed E-state index contributed by atoms with van der Waals surface area (Å²) in [6, 6.07) is 8.40. The Hall–Kier alpha value is -2.73. The van der Waals surface area contributed by atoms with Crippen molar-refractivity contribution in [1.29, 1.82) is 0 Å². The maximum atomic E-state index is 12.1.